The summed E-state index contributed by atoms with van der Waals surface area (Å²) in [6, 6.07) is 6.17. The first-order valence-electron chi connectivity index (χ1n) is 5.69. The molecule has 1 fully saturated rings. The predicted molar refractivity (Wildman–Crippen MR) is 58.0 cm³/mol. The number of ether oxygens (including phenoxy) is 1. The van der Waals surface area contributed by atoms with Crippen molar-refractivity contribution in [2.75, 3.05) is 0 Å². The number of alkyl halides is 6. The maximum atomic E-state index is 13.0. The van der Waals surface area contributed by atoms with E-state index in [1.54, 1.807) is 0 Å². The molecule has 116 valence electrons. The smallest absolute Gasteiger partial charge is 0.433 e. The van der Waals surface area contributed by atoms with E-state index < -0.39 is 35.1 Å². The van der Waals surface area contributed by atoms with Gasteiger partial charge in [0.05, 0.1) is 0 Å². The highest BCUT2D eigenvalue weighted by Gasteiger charge is 2.69. The average Bonchev–Trinajstić information content (AvgIpc) is 2.62. The summed E-state index contributed by atoms with van der Waals surface area (Å²) in [5, 5.41) is 0. The van der Waals surface area contributed by atoms with Crippen LogP contribution in [0.15, 0.2) is 30.3 Å². The average molecular weight is 313 g/mol. The van der Waals surface area contributed by atoms with Crippen molar-refractivity contribution in [2.45, 2.75) is 31.0 Å². The lowest BCUT2D eigenvalue weighted by Gasteiger charge is -2.37. The van der Waals surface area contributed by atoms with Crippen LogP contribution in [0.1, 0.15) is 12.5 Å². The number of hydrogen-bond donors (Lipinski definition) is 0. The molecule has 1 aromatic rings. The number of carbonyl (C=O) groups is 1. The highest BCUT2D eigenvalue weighted by atomic mass is 19.4. The van der Waals surface area contributed by atoms with Crippen LogP contribution in [0.4, 0.5) is 31.1 Å². The van der Waals surface area contributed by atoms with Gasteiger partial charge in [0.25, 0.3) is 0 Å². The molecule has 1 aliphatic rings. The van der Waals surface area contributed by atoms with E-state index in [0.717, 1.165) is 12.1 Å². The fourth-order valence-corrected chi connectivity index (χ4v) is 2.38. The molecular formula is C12H9F6NO2. The van der Waals surface area contributed by atoms with Crippen LogP contribution in [0, 0.1) is 0 Å². The van der Waals surface area contributed by atoms with Crippen molar-refractivity contribution in [3.05, 3.63) is 35.9 Å². The topological polar surface area (TPSA) is 29.5 Å². The van der Waals surface area contributed by atoms with E-state index in [9.17, 15) is 31.1 Å². The third-order valence-electron chi connectivity index (χ3n) is 3.29. The van der Waals surface area contributed by atoms with E-state index in [0.29, 0.717) is 6.92 Å². The number of amides is 1. The second-order valence-electron chi connectivity index (χ2n) is 4.62. The van der Waals surface area contributed by atoms with Crippen molar-refractivity contribution in [1.29, 1.82) is 0 Å². The largest absolute Gasteiger partial charge is 0.490 e. The number of hydrogen-bond acceptors (Lipinski definition) is 2. The molecule has 0 spiro atoms. The minimum Gasteiger partial charge on any atom is -0.433 e. The van der Waals surface area contributed by atoms with Gasteiger partial charge in [0.15, 0.2) is 0 Å². The van der Waals surface area contributed by atoms with Gasteiger partial charge in [-0.05, 0) is 12.5 Å². The second-order valence-corrected chi connectivity index (χ2v) is 4.62. The lowest BCUT2D eigenvalue weighted by atomic mass is 9.85. The summed E-state index contributed by atoms with van der Waals surface area (Å²) in [6.07, 6.45) is -15.4. The van der Waals surface area contributed by atoms with Gasteiger partial charge >= 0.3 is 18.6 Å². The molecule has 21 heavy (non-hydrogen) atoms. The maximum absolute atomic E-state index is 13.0. The van der Waals surface area contributed by atoms with Crippen molar-refractivity contribution in [2.24, 2.45) is 0 Å². The Labute approximate surface area is 115 Å². The van der Waals surface area contributed by atoms with Crippen molar-refractivity contribution >= 4 is 6.09 Å². The van der Waals surface area contributed by atoms with Crippen LogP contribution >= 0.6 is 0 Å². The molecule has 2 atom stereocenters. The summed E-state index contributed by atoms with van der Waals surface area (Å²) in [5.41, 5.74) is -3.05. The first kappa shape index (κ1) is 15.5. The summed E-state index contributed by atoms with van der Waals surface area (Å²) in [5.74, 6) is 0. The molecule has 0 aromatic heterocycles. The van der Waals surface area contributed by atoms with Crippen molar-refractivity contribution in [3.8, 4) is 0 Å². The normalized spacial score (nSPS) is 26.9. The molecule has 1 amide bonds. The lowest BCUT2D eigenvalue weighted by Crippen LogP contribution is -2.56. The number of carbonyl (C=O) groups excluding carboxylic acids is 1. The third kappa shape index (κ3) is 2.40. The van der Waals surface area contributed by atoms with Gasteiger partial charge in [0, 0.05) is 0 Å². The Morgan fingerprint density at radius 3 is 2.05 bits per heavy atom. The molecule has 1 heterocycles. The molecule has 0 N–H and O–H groups in total. The first-order chi connectivity index (χ1) is 9.49. The molecule has 0 saturated carbocycles. The molecule has 0 bridgehead atoms. The van der Waals surface area contributed by atoms with Crippen LogP contribution in [0.3, 0.4) is 0 Å². The summed E-state index contributed by atoms with van der Waals surface area (Å²) in [6.45, 7) is 0.679. The molecule has 3 nitrogen and oxygen atoms in total. The number of halogens is 6. The Kier molecular flexibility index (Phi) is 3.34. The van der Waals surface area contributed by atoms with Gasteiger partial charge < -0.3 is 4.74 Å². The van der Waals surface area contributed by atoms with Gasteiger partial charge in [-0.25, -0.2) is 9.69 Å². The summed E-state index contributed by atoms with van der Waals surface area (Å²) >= 11 is 0. The van der Waals surface area contributed by atoms with Crippen LogP contribution in [0.5, 0.6) is 0 Å². The van der Waals surface area contributed by atoms with Gasteiger partial charge in [-0.2, -0.15) is 13.2 Å². The third-order valence-corrected chi connectivity index (χ3v) is 3.29. The van der Waals surface area contributed by atoms with E-state index >= 15 is 0 Å². The maximum Gasteiger partial charge on any atom is 0.490 e. The monoisotopic (exact) mass is 313 g/mol. The molecule has 0 aliphatic carbocycles. The van der Waals surface area contributed by atoms with Crippen LogP contribution in [0.25, 0.3) is 0 Å². The number of nitrogens with zero attached hydrogens (tertiary/aromatic N) is 1. The van der Waals surface area contributed by atoms with Gasteiger partial charge in [0.2, 0.25) is 6.10 Å². The van der Waals surface area contributed by atoms with Crippen molar-refractivity contribution in [1.82, 2.24) is 4.90 Å². The van der Waals surface area contributed by atoms with Gasteiger partial charge in [-0.3, -0.25) is 0 Å². The lowest BCUT2D eigenvalue weighted by molar-refractivity contribution is -0.264. The van der Waals surface area contributed by atoms with Gasteiger partial charge in [-0.1, -0.05) is 30.3 Å². The predicted octanol–water partition coefficient (Wildman–Crippen LogP) is 3.80. The minimum atomic E-state index is -5.30. The van der Waals surface area contributed by atoms with Crippen LogP contribution in [-0.4, -0.2) is 29.6 Å². The Bertz CT molecular complexity index is 541. The first-order valence-corrected chi connectivity index (χ1v) is 5.69. The Balaban J connectivity index is 2.65. The Morgan fingerprint density at radius 1 is 1.10 bits per heavy atom. The zero-order chi connectivity index (χ0) is 16.1. The van der Waals surface area contributed by atoms with E-state index in [-0.39, 0.29) is 5.56 Å². The molecular weight excluding hydrogens is 304 g/mol. The molecule has 0 radical (unpaired) electrons. The highest BCUT2D eigenvalue weighted by Crippen LogP contribution is 2.50. The van der Waals surface area contributed by atoms with Crippen LogP contribution in [0.2, 0.25) is 0 Å². The van der Waals surface area contributed by atoms with E-state index in [1.807, 2.05) is 0 Å². The minimum absolute atomic E-state index is 0.324. The van der Waals surface area contributed by atoms with E-state index in [1.165, 1.54) is 18.2 Å². The number of rotatable bonds is 1. The van der Waals surface area contributed by atoms with E-state index in [2.05, 4.69) is 4.74 Å². The van der Waals surface area contributed by atoms with Crippen molar-refractivity contribution in [3.63, 3.8) is 0 Å². The van der Waals surface area contributed by atoms with E-state index in [4.69, 9.17) is 0 Å². The fourth-order valence-electron chi connectivity index (χ4n) is 2.38. The van der Waals surface area contributed by atoms with Crippen molar-refractivity contribution < 1.29 is 35.9 Å². The zero-order valence-corrected chi connectivity index (χ0v) is 10.5. The summed E-state index contributed by atoms with van der Waals surface area (Å²) in [7, 11) is 0. The Morgan fingerprint density at radius 2 is 1.62 bits per heavy atom. The number of benzene rings is 1. The molecule has 2 rings (SSSR count). The number of cyclic esters (lactones) is 1. The SMILES string of the molecule is CC1(c2ccccc2)C(C(F)(F)F)OC(=O)N1C(F)(F)F. The molecule has 1 aromatic carbocycles. The summed E-state index contributed by atoms with van der Waals surface area (Å²) < 4.78 is 82.0. The van der Waals surface area contributed by atoms with Crippen LogP contribution in [-0.2, 0) is 10.3 Å². The highest BCUT2D eigenvalue weighted by molar-refractivity contribution is 5.73. The fraction of sp³-hybridized carbons (Fsp3) is 0.417. The molecule has 9 heteroatoms. The van der Waals surface area contributed by atoms with Crippen LogP contribution < -0.4 is 0 Å². The molecule has 1 saturated heterocycles. The van der Waals surface area contributed by atoms with Gasteiger partial charge in [-0.15, -0.1) is 13.2 Å². The molecule has 1 aliphatic heterocycles. The second kappa shape index (κ2) is 4.54. The van der Waals surface area contributed by atoms with Gasteiger partial charge in [0.1, 0.15) is 5.54 Å². The zero-order valence-electron chi connectivity index (χ0n) is 10.5. The quantitative estimate of drug-likeness (QED) is 0.583. The standard InChI is InChI=1S/C12H9F6NO2/c1-10(7-5-3-2-4-6-7)8(11(13,14)15)21-9(20)19(10)12(16,17)18/h2-6,8H,1H3. The molecule has 2 unspecified atom stereocenters. The summed E-state index contributed by atoms with van der Waals surface area (Å²) in [4.78, 5) is 10.5. The Hall–Kier alpha value is -1.93.